The van der Waals surface area contributed by atoms with Gasteiger partial charge in [0, 0.05) is 50.7 Å². The van der Waals surface area contributed by atoms with Gasteiger partial charge in [-0.3, -0.25) is 19.3 Å². The zero-order chi connectivity index (χ0) is 21.3. The number of carbonyl (C=O) groups excluding carboxylic acids is 2. The summed E-state index contributed by atoms with van der Waals surface area (Å²) in [6.07, 6.45) is 9.47. The van der Waals surface area contributed by atoms with E-state index in [-0.39, 0.29) is 23.8 Å². The normalized spacial score (nSPS) is 19.8. The fraction of sp³-hybridized carbons (Fsp3) is 0.524. The Morgan fingerprint density at radius 2 is 2.13 bits per heavy atom. The van der Waals surface area contributed by atoms with Crippen LogP contribution in [0.5, 0.6) is 0 Å². The summed E-state index contributed by atoms with van der Waals surface area (Å²) in [7, 11) is 1.99. The molecule has 1 aliphatic rings. The first-order valence-corrected chi connectivity index (χ1v) is 10.7. The first-order chi connectivity index (χ1) is 14.5. The second kappa shape index (κ2) is 11.1. The van der Waals surface area contributed by atoms with Gasteiger partial charge in [-0.15, -0.1) is 0 Å². The maximum Gasteiger partial charge on any atom is 0.224 e. The maximum absolute atomic E-state index is 12.6. The molecule has 3 rings (SSSR count). The SMILES string of the molecule is CN1C[C@@H](NC(=O)CCc2cccnc2)CC[C@@H](C(=O)NCCn2cc(Cl)cn2)C1. The molecule has 0 aliphatic carbocycles. The number of aryl methyl sites for hydroxylation is 1. The van der Waals surface area contributed by atoms with Crippen molar-refractivity contribution in [2.75, 3.05) is 26.7 Å². The molecule has 0 aromatic carbocycles. The number of aromatic nitrogens is 3. The smallest absolute Gasteiger partial charge is 0.224 e. The molecule has 0 saturated carbocycles. The number of hydrogen-bond donors (Lipinski definition) is 2. The van der Waals surface area contributed by atoms with E-state index in [1.807, 2.05) is 19.2 Å². The van der Waals surface area contributed by atoms with E-state index in [0.717, 1.165) is 24.9 Å². The van der Waals surface area contributed by atoms with Crippen molar-refractivity contribution in [1.29, 1.82) is 0 Å². The third-order valence-electron chi connectivity index (χ3n) is 5.27. The minimum absolute atomic E-state index is 0.0399. The molecule has 9 heteroatoms. The van der Waals surface area contributed by atoms with Gasteiger partial charge < -0.3 is 15.5 Å². The number of nitrogens with zero attached hydrogens (tertiary/aromatic N) is 4. The highest BCUT2D eigenvalue weighted by molar-refractivity contribution is 6.30. The minimum Gasteiger partial charge on any atom is -0.354 e. The number of pyridine rings is 1. The zero-order valence-corrected chi connectivity index (χ0v) is 18.0. The molecule has 0 bridgehead atoms. The van der Waals surface area contributed by atoms with E-state index in [0.29, 0.717) is 37.5 Å². The summed E-state index contributed by atoms with van der Waals surface area (Å²) in [6.45, 7) is 2.51. The van der Waals surface area contributed by atoms with Crippen molar-refractivity contribution >= 4 is 23.4 Å². The van der Waals surface area contributed by atoms with Crippen LogP contribution < -0.4 is 10.6 Å². The van der Waals surface area contributed by atoms with Crippen molar-refractivity contribution in [1.82, 2.24) is 30.3 Å². The molecular formula is C21H29ClN6O2. The molecule has 2 aromatic heterocycles. The highest BCUT2D eigenvalue weighted by atomic mass is 35.5. The standard InChI is InChI=1S/C21H29ClN6O2/c1-27-13-17(21(30)24-9-10-28-14-18(22)12-25-28)5-6-19(15-27)26-20(29)7-4-16-3-2-8-23-11-16/h2-3,8,11-12,14,17,19H,4-7,9-10,13,15H2,1H3,(H,24,30)(H,26,29)/t17-,19+/m1/s1. The van der Waals surface area contributed by atoms with Gasteiger partial charge in [0.1, 0.15) is 0 Å². The summed E-state index contributed by atoms with van der Waals surface area (Å²) in [6, 6.07) is 3.91. The number of rotatable bonds is 8. The summed E-state index contributed by atoms with van der Waals surface area (Å²) < 4.78 is 1.71. The lowest BCUT2D eigenvalue weighted by Gasteiger charge is -2.22. The molecule has 0 radical (unpaired) electrons. The average Bonchev–Trinajstić information content (AvgIpc) is 3.05. The zero-order valence-electron chi connectivity index (χ0n) is 17.3. The molecule has 2 aromatic rings. The fourth-order valence-corrected chi connectivity index (χ4v) is 3.90. The van der Waals surface area contributed by atoms with E-state index in [1.165, 1.54) is 0 Å². The molecule has 2 amide bonds. The number of amides is 2. The molecule has 0 unspecified atom stereocenters. The third kappa shape index (κ3) is 7.11. The third-order valence-corrected chi connectivity index (χ3v) is 5.46. The molecule has 2 N–H and O–H groups in total. The average molecular weight is 433 g/mol. The number of likely N-dealkylation sites (N-methyl/N-ethyl adjacent to an activating group) is 1. The van der Waals surface area contributed by atoms with Crippen molar-refractivity contribution in [3.63, 3.8) is 0 Å². The van der Waals surface area contributed by atoms with Gasteiger partial charge in [-0.05, 0) is 37.9 Å². The molecular weight excluding hydrogens is 404 g/mol. The minimum atomic E-state index is -0.0893. The Kier molecular flexibility index (Phi) is 8.21. The second-order valence-corrected chi connectivity index (χ2v) is 8.27. The van der Waals surface area contributed by atoms with Crippen LogP contribution in [0.4, 0.5) is 0 Å². The van der Waals surface area contributed by atoms with Crippen molar-refractivity contribution in [2.45, 2.75) is 38.3 Å². The Morgan fingerprint density at radius 1 is 1.27 bits per heavy atom. The highest BCUT2D eigenvalue weighted by Gasteiger charge is 2.27. The van der Waals surface area contributed by atoms with Crippen LogP contribution in [0.25, 0.3) is 0 Å². The van der Waals surface area contributed by atoms with Gasteiger partial charge in [0.25, 0.3) is 0 Å². The summed E-state index contributed by atoms with van der Waals surface area (Å²) in [5.74, 6) is -0.00444. The van der Waals surface area contributed by atoms with E-state index < -0.39 is 0 Å². The van der Waals surface area contributed by atoms with Gasteiger partial charge in [-0.25, -0.2) is 0 Å². The lowest BCUT2D eigenvalue weighted by Crippen LogP contribution is -2.42. The van der Waals surface area contributed by atoms with Crippen molar-refractivity contribution < 1.29 is 9.59 Å². The largest absolute Gasteiger partial charge is 0.354 e. The van der Waals surface area contributed by atoms with Crippen LogP contribution in [-0.4, -0.2) is 64.2 Å². The molecule has 1 saturated heterocycles. The second-order valence-electron chi connectivity index (χ2n) is 7.83. The predicted molar refractivity (Wildman–Crippen MR) is 115 cm³/mol. The molecule has 1 aliphatic heterocycles. The van der Waals surface area contributed by atoms with Crippen LogP contribution in [-0.2, 0) is 22.6 Å². The van der Waals surface area contributed by atoms with Crippen molar-refractivity contribution in [3.8, 4) is 0 Å². The number of carbonyl (C=O) groups is 2. The van der Waals surface area contributed by atoms with Gasteiger partial charge in [-0.2, -0.15) is 5.10 Å². The maximum atomic E-state index is 12.6. The first kappa shape index (κ1) is 22.2. The summed E-state index contributed by atoms with van der Waals surface area (Å²) >= 11 is 5.85. The Morgan fingerprint density at radius 3 is 2.87 bits per heavy atom. The van der Waals surface area contributed by atoms with E-state index in [9.17, 15) is 9.59 Å². The first-order valence-electron chi connectivity index (χ1n) is 10.3. The number of likely N-dealkylation sites (tertiary alicyclic amines) is 1. The van der Waals surface area contributed by atoms with Crippen molar-refractivity contribution in [2.24, 2.45) is 5.92 Å². The van der Waals surface area contributed by atoms with E-state index in [1.54, 1.807) is 29.5 Å². The number of hydrogen-bond acceptors (Lipinski definition) is 5. The fourth-order valence-electron chi connectivity index (χ4n) is 3.75. The molecule has 0 spiro atoms. The Bertz CT molecular complexity index is 828. The van der Waals surface area contributed by atoms with Gasteiger partial charge in [0.05, 0.1) is 23.7 Å². The monoisotopic (exact) mass is 432 g/mol. The Balaban J connectivity index is 1.40. The molecule has 30 heavy (non-hydrogen) atoms. The van der Waals surface area contributed by atoms with E-state index in [2.05, 4.69) is 25.6 Å². The predicted octanol–water partition coefficient (Wildman–Crippen LogP) is 1.51. The van der Waals surface area contributed by atoms with Gasteiger partial charge in [0.15, 0.2) is 0 Å². The van der Waals surface area contributed by atoms with Gasteiger partial charge in [0.2, 0.25) is 11.8 Å². The topological polar surface area (TPSA) is 92.1 Å². The molecule has 8 nitrogen and oxygen atoms in total. The summed E-state index contributed by atoms with van der Waals surface area (Å²) in [5, 5.41) is 10.8. The Labute approximate surface area is 182 Å². The quantitative estimate of drug-likeness (QED) is 0.659. The van der Waals surface area contributed by atoms with Crippen LogP contribution >= 0.6 is 11.6 Å². The van der Waals surface area contributed by atoms with Crippen LogP contribution in [0.15, 0.2) is 36.9 Å². The van der Waals surface area contributed by atoms with Gasteiger partial charge in [-0.1, -0.05) is 17.7 Å². The lowest BCUT2D eigenvalue weighted by molar-refractivity contribution is -0.125. The molecule has 162 valence electrons. The summed E-state index contributed by atoms with van der Waals surface area (Å²) in [4.78, 5) is 31.1. The van der Waals surface area contributed by atoms with E-state index in [4.69, 9.17) is 11.6 Å². The van der Waals surface area contributed by atoms with Gasteiger partial charge >= 0.3 is 0 Å². The highest BCUT2D eigenvalue weighted by Crippen LogP contribution is 2.16. The molecule has 2 atom stereocenters. The number of nitrogens with one attached hydrogen (secondary N) is 2. The van der Waals surface area contributed by atoms with Crippen LogP contribution in [0.1, 0.15) is 24.8 Å². The van der Waals surface area contributed by atoms with Crippen LogP contribution in [0, 0.1) is 5.92 Å². The van der Waals surface area contributed by atoms with Crippen molar-refractivity contribution in [3.05, 3.63) is 47.5 Å². The summed E-state index contributed by atoms with van der Waals surface area (Å²) in [5.41, 5.74) is 1.06. The van der Waals surface area contributed by atoms with Crippen LogP contribution in [0.3, 0.4) is 0 Å². The molecule has 3 heterocycles. The Hall–Kier alpha value is -2.45. The molecule has 1 fully saturated rings. The number of halogens is 1. The van der Waals surface area contributed by atoms with Crippen LogP contribution in [0.2, 0.25) is 5.02 Å². The van der Waals surface area contributed by atoms with E-state index >= 15 is 0 Å². The lowest BCUT2D eigenvalue weighted by atomic mass is 10.0.